The van der Waals surface area contributed by atoms with Gasteiger partial charge in [0.1, 0.15) is 5.82 Å². The summed E-state index contributed by atoms with van der Waals surface area (Å²) in [6.45, 7) is 4.54. The van der Waals surface area contributed by atoms with Gasteiger partial charge < -0.3 is 9.80 Å². The number of anilines is 2. The Kier molecular flexibility index (Phi) is 3.38. The number of nitrogens with zero attached hydrogens (tertiary/aromatic N) is 6. The first-order valence-electron chi connectivity index (χ1n) is 6.63. The third kappa shape index (κ3) is 2.62. The lowest BCUT2D eigenvalue weighted by Crippen LogP contribution is -2.47. The van der Waals surface area contributed by atoms with Gasteiger partial charge in [0.25, 0.3) is 0 Å². The zero-order valence-electron chi connectivity index (χ0n) is 11.6. The van der Waals surface area contributed by atoms with E-state index in [1.165, 1.54) is 6.07 Å². The number of nitro groups is 1. The number of H-pyrrole nitrogens is 1. The van der Waals surface area contributed by atoms with Crippen LogP contribution in [-0.4, -0.2) is 51.3 Å². The minimum atomic E-state index is -0.396. The highest BCUT2D eigenvalue weighted by Crippen LogP contribution is 2.26. The van der Waals surface area contributed by atoms with Crippen molar-refractivity contribution in [1.82, 2.24) is 20.2 Å². The Labute approximate surface area is 120 Å². The molecule has 21 heavy (non-hydrogen) atoms. The summed E-state index contributed by atoms with van der Waals surface area (Å²) < 4.78 is 0. The molecule has 0 bridgehead atoms. The Morgan fingerprint density at radius 3 is 2.62 bits per heavy atom. The van der Waals surface area contributed by atoms with E-state index in [9.17, 15) is 10.1 Å². The van der Waals surface area contributed by atoms with Crippen molar-refractivity contribution in [3.63, 3.8) is 0 Å². The monoisotopic (exact) mass is 289 g/mol. The first-order valence-corrected chi connectivity index (χ1v) is 6.63. The standard InChI is InChI=1S/C12H15N7O2/c1-9-14-12(16-15-9)18-7-5-17(6-8-18)11-10(19(20)21)3-2-4-13-11/h2-4H,5-8H2,1H3,(H,14,15,16). The van der Waals surface area contributed by atoms with E-state index in [0.717, 1.165) is 5.82 Å². The summed E-state index contributed by atoms with van der Waals surface area (Å²) in [5.41, 5.74) is 0.0414. The van der Waals surface area contributed by atoms with Gasteiger partial charge in [0.05, 0.1) is 4.92 Å². The number of pyridine rings is 1. The number of rotatable bonds is 3. The summed E-state index contributed by atoms with van der Waals surface area (Å²) in [4.78, 5) is 23.1. The molecule has 0 aromatic carbocycles. The van der Waals surface area contributed by atoms with Crippen LogP contribution in [0.4, 0.5) is 17.5 Å². The second kappa shape index (κ2) is 5.35. The maximum atomic E-state index is 11.1. The largest absolute Gasteiger partial charge is 0.347 e. The van der Waals surface area contributed by atoms with E-state index in [1.54, 1.807) is 12.3 Å². The molecule has 0 aliphatic carbocycles. The van der Waals surface area contributed by atoms with Crippen molar-refractivity contribution in [2.24, 2.45) is 0 Å². The number of aromatic amines is 1. The second-order valence-corrected chi connectivity index (χ2v) is 4.80. The molecular weight excluding hydrogens is 274 g/mol. The van der Waals surface area contributed by atoms with Gasteiger partial charge in [-0.2, -0.15) is 4.98 Å². The molecule has 2 aromatic heterocycles. The van der Waals surface area contributed by atoms with Gasteiger partial charge in [-0.25, -0.2) is 4.98 Å². The lowest BCUT2D eigenvalue weighted by Gasteiger charge is -2.34. The molecule has 1 N–H and O–H groups in total. The second-order valence-electron chi connectivity index (χ2n) is 4.80. The molecule has 1 saturated heterocycles. The fraction of sp³-hybridized carbons (Fsp3) is 0.417. The molecule has 3 rings (SSSR count). The average molecular weight is 289 g/mol. The number of aryl methyl sites for hydroxylation is 1. The van der Waals surface area contributed by atoms with E-state index in [-0.39, 0.29) is 5.69 Å². The molecule has 1 fully saturated rings. The van der Waals surface area contributed by atoms with Crippen LogP contribution in [0.15, 0.2) is 18.3 Å². The van der Waals surface area contributed by atoms with Crippen LogP contribution in [0.5, 0.6) is 0 Å². The quantitative estimate of drug-likeness (QED) is 0.656. The number of hydrogen-bond acceptors (Lipinski definition) is 7. The minimum Gasteiger partial charge on any atom is -0.347 e. The maximum Gasteiger partial charge on any atom is 0.311 e. The lowest BCUT2D eigenvalue weighted by molar-refractivity contribution is -0.384. The molecule has 0 saturated carbocycles. The zero-order chi connectivity index (χ0) is 14.8. The van der Waals surface area contributed by atoms with Crippen LogP contribution in [0.1, 0.15) is 5.82 Å². The van der Waals surface area contributed by atoms with Crippen molar-refractivity contribution < 1.29 is 4.92 Å². The summed E-state index contributed by atoms with van der Waals surface area (Å²) in [7, 11) is 0. The average Bonchev–Trinajstić information content (AvgIpc) is 2.94. The van der Waals surface area contributed by atoms with E-state index in [1.807, 2.05) is 11.8 Å². The maximum absolute atomic E-state index is 11.1. The molecule has 0 radical (unpaired) electrons. The Hall–Kier alpha value is -2.71. The van der Waals surface area contributed by atoms with Gasteiger partial charge in [0, 0.05) is 38.4 Å². The van der Waals surface area contributed by atoms with Crippen molar-refractivity contribution in [3.05, 3.63) is 34.3 Å². The molecule has 0 unspecified atom stereocenters. The van der Waals surface area contributed by atoms with Crippen molar-refractivity contribution in [3.8, 4) is 0 Å². The lowest BCUT2D eigenvalue weighted by atomic mass is 10.3. The van der Waals surface area contributed by atoms with Gasteiger partial charge >= 0.3 is 5.69 Å². The number of hydrogen-bond donors (Lipinski definition) is 1. The molecule has 3 heterocycles. The highest BCUT2D eigenvalue weighted by Gasteiger charge is 2.25. The molecule has 2 aromatic rings. The predicted octanol–water partition coefficient (Wildman–Crippen LogP) is 0.743. The minimum absolute atomic E-state index is 0.0414. The molecule has 9 heteroatoms. The fourth-order valence-electron chi connectivity index (χ4n) is 2.37. The van der Waals surface area contributed by atoms with Gasteiger partial charge in [-0.1, -0.05) is 0 Å². The van der Waals surface area contributed by atoms with Crippen molar-refractivity contribution in [1.29, 1.82) is 0 Å². The van der Waals surface area contributed by atoms with Gasteiger partial charge in [-0.05, 0) is 13.0 Å². The molecular formula is C12H15N7O2. The number of aromatic nitrogens is 4. The van der Waals surface area contributed by atoms with Crippen molar-refractivity contribution in [2.75, 3.05) is 36.0 Å². The topological polar surface area (TPSA) is 104 Å². The summed E-state index contributed by atoms with van der Waals surface area (Å²) in [6.07, 6.45) is 1.58. The molecule has 0 spiro atoms. The molecule has 9 nitrogen and oxygen atoms in total. The summed E-state index contributed by atoms with van der Waals surface area (Å²) in [6, 6.07) is 3.06. The van der Waals surface area contributed by atoms with E-state index >= 15 is 0 Å². The third-order valence-electron chi connectivity index (χ3n) is 3.41. The Balaban J connectivity index is 1.73. The van der Waals surface area contributed by atoms with E-state index in [4.69, 9.17) is 0 Å². The summed E-state index contributed by atoms with van der Waals surface area (Å²) in [5, 5.41) is 18.0. The zero-order valence-corrected chi connectivity index (χ0v) is 11.6. The smallest absolute Gasteiger partial charge is 0.311 e. The van der Waals surface area contributed by atoms with Crippen LogP contribution in [0.3, 0.4) is 0 Å². The Morgan fingerprint density at radius 1 is 1.29 bits per heavy atom. The van der Waals surface area contributed by atoms with Crippen molar-refractivity contribution >= 4 is 17.5 Å². The molecule has 1 aliphatic heterocycles. The van der Waals surface area contributed by atoms with E-state index in [0.29, 0.717) is 37.9 Å². The fourth-order valence-corrected chi connectivity index (χ4v) is 2.37. The molecule has 0 atom stereocenters. The molecule has 0 amide bonds. The summed E-state index contributed by atoms with van der Waals surface area (Å²) in [5.74, 6) is 1.86. The van der Waals surface area contributed by atoms with Gasteiger partial charge in [-0.15, -0.1) is 5.10 Å². The van der Waals surface area contributed by atoms with Crippen LogP contribution in [0.25, 0.3) is 0 Å². The van der Waals surface area contributed by atoms with Crippen LogP contribution in [0.2, 0.25) is 0 Å². The van der Waals surface area contributed by atoms with Gasteiger partial charge in [0.15, 0.2) is 0 Å². The van der Waals surface area contributed by atoms with Crippen molar-refractivity contribution in [2.45, 2.75) is 6.92 Å². The predicted molar refractivity (Wildman–Crippen MR) is 76.4 cm³/mol. The van der Waals surface area contributed by atoms with E-state index in [2.05, 4.69) is 25.1 Å². The highest BCUT2D eigenvalue weighted by atomic mass is 16.6. The first kappa shape index (κ1) is 13.3. The number of piperazine rings is 1. The third-order valence-corrected chi connectivity index (χ3v) is 3.41. The normalized spacial score (nSPS) is 15.3. The van der Waals surface area contributed by atoms with Crippen LogP contribution in [0, 0.1) is 17.0 Å². The highest BCUT2D eigenvalue weighted by molar-refractivity contribution is 5.58. The Bertz CT molecular complexity index is 649. The number of nitrogens with one attached hydrogen (secondary N) is 1. The molecule has 1 aliphatic rings. The first-order chi connectivity index (χ1) is 10.1. The van der Waals surface area contributed by atoms with Gasteiger partial charge in [0.2, 0.25) is 11.8 Å². The Morgan fingerprint density at radius 2 is 2.00 bits per heavy atom. The summed E-state index contributed by atoms with van der Waals surface area (Å²) >= 11 is 0. The molecule has 110 valence electrons. The SMILES string of the molecule is Cc1nc(N2CCN(c3ncccc3[N+](=O)[O-])CC2)n[nH]1. The van der Waals surface area contributed by atoms with Crippen LogP contribution in [-0.2, 0) is 0 Å². The van der Waals surface area contributed by atoms with Crippen LogP contribution < -0.4 is 9.80 Å². The van der Waals surface area contributed by atoms with E-state index < -0.39 is 4.92 Å². The van der Waals surface area contributed by atoms with Crippen LogP contribution >= 0.6 is 0 Å². The van der Waals surface area contributed by atoms with Gasteiger partial charge in [-0.3, -0.25) is 15.2 Å².